The molecule has 0 atom stereocenters. The van der Waals surface area contributed by atoms with Crippen LogP contribution in [0.15, 0.2) is 24.3 Å². The van der Waals surface area contributed by atoms with Gasteiger partial charge < -0.3 is 5.32 Å². The van der Waals surface area contributed by atoms with Gasteiger partial charge in [-0.15, -0.1) is 0 Å². The van der Waals surface area contributed by atoms with Gasteiger partial charge in [0.05, 0.1) is 11.6 Å². The highest BCUT2D eigenvalue weighted by Gasteiger charge is 1.95. The number of carbonyl (C=O) groups is 1. The summed E-state index contributed by atoms with van der Waals surface area (Å²) in [6.45, 7) is 0. The van der Waals surface area contributed by atoms with Crippen LogP contribution in [0, 0.1) is 11.3 Å². The second-order valence-electron chi connectivity index (χ2n) is 2.09. The Morgan fingerprint density at radius 3 is 2.42 bits per heavy atom. The van der Waals surface area contributed by atoms with Gasteiger partial charge in [0.1, 0.15) is 0 Å². The molecule has 0 aliphatic heterocycles. The van der Waals surface area contributed by atoms with E-state index in [2.05, 4.69) is 5.32 Å². The zero-order chi connectivity index (χ0) is 8.97. The number of carbonyl (C=O) groups excluding carboxylic acids is 1. The molecule has 0 radical (unpaired) electrons. The maximum Gasteiger partial charge on any atom is 0.318 e. The number of nitrogens with one attached hydrogen (secondary N) is 1. The van der Waals surface area contributed by atoms with Gasteiger partial charge in [0.25, 0.3) is 0 Å². The van der Waals surface area contributed by atoms with Gasteiger partial charge in [-0.2, -0.15) is 5.26 Å². The second-order valence-corrected chi connectivity index (χ2v) is 2.43. The maximum atomic E-state index is 10.4. The first-order chi connectivity index (χ1) is 5.72. The van der Waals surface area contributed by atoms with Crippen molar-refractivity contribution in [2.75, 3.05) is 5.32 Å². The summed E-state index contributed by atoms with van der Waals surface area (Å²) in [5.74, 6) is 0. The van der Waals surface area contributed by atoms with E-state index >= 15 is 0 Å². The lowest BCUT2D eigenvalue weighted by atomic mass is 10.2. The van der Waals surface area contributed by atoms with Crippen molar-refractivity contribution in [1.82, 2.24) is 0 Å². The first-order valence-corrected chi connectivity index (χ1v) is 3.57. The Bertz CT molecular complexity index is 326. The molecule has 0 aliphatic carbocycles. The van der Waals surface area contributed by atoms with Crippen molar-refractivity contribution in [3.05, 3.63) is 29.8 Å². The van der Waals surface area contributed by atoms with E-state index in [1.165, 1.54) is 0 Å². The number of hydrogen-bond acceptors (Lipinski definition) is 2. The van der Waals surface area contributed by atoms with Crippen molar-refractivity contribution < 1.29 is 4.79 Å². The lowest BCUT2D eigenvalue weighted by Gasteiger charge is -1.98. The van der Waals surface area contributed by atoms with Crippen molar-refractivity contribution in [2.24, 2.45) is 0 Å². The SMILES string of the molecule is N#Cc1ccc(NC(=O)Cl)cc1. The number of rotatable bonds is 1. The molecule has 1 rings (SSSR count). The fraction of sp³-hybridized carbons (Fsp3) is 0. The van der Waals surface area contributed by atoms with Crippen LogP contribution in [0.1, 0.15) is 5.56 Å². The van der Waals surface area contributed by atoms with Crippen molar-refractivity contribution >= 4 is 22.7 Å². The molecule has 4 heteroatoms. The summed E-state index contributed by atoms with van der Waals surface area (Å²) in [6, 6.07) is 8.38. The summed E-state index contributed by atoms with van der Waals surface area (Å²) in [4.78, 5) is 10.4. The number of benzene rings is 1. The van der Waals surface area contributed by atoms with Gasteiger partial charge in [-0.25, -0.2) is 0 Å². The van der Waals surface area contributed by atoms with Crippen LogP contribution >= 0.6 is 11.6 Å². The smallest absolute Gasteiger partial charge is 0.312 e. The quantitative estimate of drug-likeness (QED) is 0.533. The molecule has 0 fully saturated rings. The van der Waals surface area contributed by atoms with E-state index < -0.39 is 5.37 Å². The van der Waals surface area contributed by atoms with Crippen LogP contribution in [0.25, 0.3) is 0 Å². The third-order valence-corrected chi connectivity index (χ3v) is 1.35. The van der Waals surface area contributed by atoms with Crippen molar-refractivity contribution in [1.29, 1.82) is 5.26 Å². The highest BCUT2D eigenvalue weighted by atomic mass is 35.5. The van der Waals surface area contributed by atoms with Gasteiger partial charge in [-0.1, -0.05) is 0 Å². The largest absolute Gasteiger partial charge is 0.318 e. The number of nitrogens with zero attached hydrogens (tertiary/aromatic N) is 1. The van der Waals surface area contributed by atoms with Gasteiger partial charge in [0.2, 0.25) is 0 Å². The first kappa shape index (κ1) is 8.57. The van der Waals surface area contributed by atoms with Crippen LogP contribution in [0.5, 0.6) is 0 Å². The van der Waals surface area contributed by atoms with E-state index in [9.17, 15) is 4.79 Å². The molecule has 0 spiro atoms. The highest BCUT2D eigenvalue weighted by Crippen LogP contribution is 2.09. The van der Waals surface area contributed by atoms with E-state index in [0.717, 1.165) is 0 Å². The van der Waals surface area contributed by atoms with Gasteiger partial charge in [-0.3, -0.25) is 4.79 Å². The summed E-state index contributed by atoms with van der Waals surface area (Å²) in [7, 11) is 0. The molecule has 12 heavy (non-hydrogen) atoms. The minimum atomic E-state index is -0.639. The third kappa shape index (κ3) is 2.26. The predicted octanol–water partition coefficient (Wildman–Crippen LogP) is 2.33. The Hall–Kier alpha value is -1.53. The summed E-state index contributed by atoms with van der Waals surface area (Å²) in [6.07, 6.45) is 0. The lowest BCUT2D eigenvalue weighted by Crippen LogP contribution is -2.00. The third-order valence-electron chi connectivity index (χ3n) is 1.26. The zero-order valence-corrected chi connectivity index (χ0v) is 6.80. The van der Waals surface area contributed by atoms with E-state index in [1.807, 2.05) is 6.07 Å². The molecular formula is C8H5ClN2O. The highest BCUT2D eigenvalue weighted by molar-refractivity contribution is 6.65. The van der Waals surface area contributed by atoms with Gasteiger partial charge in [0.15, 0.2) is 0 Å². The standard InChI is InChI=1S/C8H5ClN2O/c9-8(12)11-7-3-1-6(5-10)2-4-7/h1-4H,(H,11,12). The van der Waals surface area contributed by atoms with E-state index in [0.29, 0.717) is 11.3 Å². The molecular weight excluding hydrogens is 176 g/mol. The molecule has 1 aromatic rings. The topological polar surface area (TPSA) is 52.9 Å². The van der Waals surface area contributed by atoms with Crippen LogP contribution in [0.3, 0.4) is 0 Å². The Labute approximate surface area is 74.6 Å². The summed E-state index contributed by atoms with van der Waals surface area (Å²) in [5.41, 5.74) is 1.12. The number of nitriles is 1. The molecule has 0 aliphatic rings. The fourth-order valence-corrected chi connectivity index (χ4v) is 0.851. The van der Waals surface area contributed by atoms with Crippen LogP contribution in [-0.4, -0.2) is 5.37 Å². The van der Waals surface area contributed by atoms with E-state index in [4.69, 9.17) is 16.9 Å². The second kappa shape index (κ2) is 3.74. The molecule has 0 aromatic heterocycles. The molecule has 1 N–H and O–H groups in total. The molecule has 0 bridgehead atoms. The molecule has 0 unspecified atom stereocenters. The van der Waals surface area contributed by atoms with Crippen LogP contribution < -0.4 is 5.32 Å². The normalized spacial score (nSPS) is 8.67. The van der Waals surface area contributed by atoms with Crippen molar-refractivity contribution in [3.8, 4) is 6.07 Å². The van der Waals surface area contributed by atoms with Gasteiger partial charge in [-0.05, 0) is 35.9 Å². The Balaban J connectivity index is 2.80. The van der Waals surface area contributed by atoms with Crippen LogP contribution in [0.2, 0.25) is 0 Å². The molecule has 0 heterocycles. The number of amides is 1. The minimum absolute atomic E-state index is 0.544. The van der Waals surface area contributed by atoms with Crippen LogP contribution in [-0.2, 0) is 0 Å². The van der Waals surface area contributed by atoms with E-state index in [1.54, 1.807) is 24.3 Å². The van der Waals surface area contributed by atoms with Gasteiger partial charge in [0, 0.05) is 5.69 Å². The van der Waals surface area contributed by atoms with Crippen LogP contribution in [0.4, 0.5) is 10.5 Å². The average Bonchev–Trinajstić information content (AvgIpc) is 2.05. The monoisotopic (exact) mass is 180 g/mol. The predicted molar refractivity (Wildman–Crippen MR) is 46.0 cm³/mol. The Kier molecular flexibility index (Phi) is 2.67. The van der Waals surface area contributed by atoms with Crippen molar-refractivity contribution in [3.63, 3.8) is 0 Å². The maximum absolute atomic E-state index is 10.4. The summed E-state index contributed by atoms with van der Waals surface area (Å²) >= 11 is 5.07. The number of anilines is 1. The minimum Gasteiger partial charge on any atom is -0.312 e. The molecule has 0 saturated carbocycles. The Morgan fingerprint density at radius 1 is 1.42 bits per heavy atom. The van der Waals surface area contributed by atoms with E-state index in [-0.39, 0.29) is 0 Å². The van der Waals surface area contributed by atoms with Gasteiger partial charge >= 0.3 is 5.37 Å². The molecule has 1 amide bonds. The average molecular weight is 181 g/mol. The summed E-state index contributed by atoms with van der Waals surface area (Å²) in [5, 5.41) is 10.2. The fourth-order valence-electron chi connectivity index (χ4n) is 0.742. The first-order valence-electron chi connectivity index (χ1n) is 3.19. The van der Waals surface area contributed by atoms with Crippen molar-refractivity contribution in [2.45, 2.75) is 0 Å². The number of hydrogen-bond donors (Lipinski definition) is 1. The number of halogens is 1. The molecule has 1 aromatic carbocycles. The Morgan fingerprint density at radius 2 is 2.00 bits per heavy atom. The lowest BCUT2D eigenvalue weighted by molar-refractivity contribution is 0.269. The molecule has 60 valence electrons. The molecule has 3 nitrogen and oxygen atoms in total. The zero-order valence-electron chi connectivity index (χ0n) is 6.04. The molecule has 0 saturated heterocycles. The summed E-state index contributed by atoms with van der Waals surface area (Å²) < 4.78 is 0.